The van der Waals surface area contributed by atoms with Gasteiger partial charge in [0.05, 0.1) is 26.7 Å². The molecule has 3 heterocycles. The van der Waals surface area contributed by atoms with Crippen LogP contribution in [0.3, 0.4) is 0 Å². The second kappa shape index (κ2) is 8.34. The van der Waals surface area contributed by atoms with Gasteiger partial charge in [-0.15, -0.1) is 0 Å². The molecule has 1 fully saturated rings. The summed E-state index contributed by atoms with van der Waals surface area (Å²) in [5.41, 5.74) is 0.995. The molecule has 0 radical (unpaired) electrons. The summed E-state index contributed by atoms with van der Waals surface area (Å²) in [5, 5.41) is 0. The summed E-state index contributed by atoms with van der Waals surface area (Å²) in [4.78, 5) is 19.5. The molecule has 0 atom stereocenters. The molecule has 2 aromatic heterocycles. The van der Waals surface area contributed by atoms with Crippen molar-refractivity contribution >= 4 is 21.7 Å². The molecule has 0 aliphatic carbocycles. The maximum absolute atomic E-state index is 14.4. The van der Waals surface area contributed by atoms with Gasteiger partial charge in [0.2, 0.25) is 0 Å². The molecule has 148 valence electrons. The van der Waals surface area contributed by atoms with Crippen molar-refractivity contribution in [1.29, 1.82) is 0 Å². The Kier molecular flexibility index (Phi) is 5.65. The van der Waals surface area contributed by atoms with E-state index in [1.165, 1.54) is 19.5 Å². The van der Waals surface area contributed by atoms with Gasteiger partial charge in [0.1, 0.15) is 27.5 Å². The Labute approximate surface area is 165 Å². The molecule has 3 aromatic rings. The van der Waals surface area contributed by atoms with Crippen molar-refractivity contribution in [2.24, 2.45) is 0 Å². The van der Waals surface area contributed by atoms with E-state index in [0.29, 0.717) is 33.8 Å². The Balaban J connectivity index is 1.55. The lowest BCUT2D eigenvalue weighted by Crippen LogP contribution is -2.37. The van der Waals surface area contributed by atoms with Gasteiger partial charge in [-0.3, -0.25) is 14.3 Å². The van der Waals surface area contributed by atoms with Gasteiger partial charge in [-0.2, -0.15) is 4.37 Å². The topological polar surface area (TPSA) is 69.5 Å². The molecule has 0 unspecified atom stereocenters. The highest BCUT2D eigenvalue weighted by Gasteiger charge is 2.18. The SMILES string of the molecule is COc1ccc(-c2nsc3c(=O)n(CCCN4CCOCC4)cnc23)c(F)c1. The van der Waals surface area contributed by atoms with E-state index >= 15 is 0 Å². The Morgan fingerprint density at radius 2 is 2.11 bits per heavy atom. The highest BCUT2D eigenvalue weighted by molar-refractivity contribution is 7.13. The Morgan fingerprint density at radius 1 is 1.29 bits per heavy atom. The molecule has 7 nitrogen and oxygen atoms in total. The van der Waals surface area contributed by atoms with Crippen LogP contribution in [0.5, 0.6) is 5.75 Å². The summed E-state index contributed by atoms with van der Waals surface area (Å²) in [6.07, 6.45) is 2.38. The monoisotopic (exact) mass is 404 g/mol. The molecule has 1 aromatic carbocycles. The van der Waals surface area contributed by atoms with Gasteiger partial charge < -0.3 is 9.47 Å². The molecule has 1 aliphatic heterocycles. The number of aromatic nitrogens is 3. The van der Waals surface area contributed by atoms with Crippen LogP contribution < -0.4 is 10.3 Å². The van der Waals surface area contributed by atoms with Crippen LogP contribution in [0, 0.1) is 5.82 Å². The largest absolute Gasteiger partial charge is 0.497 e. The fourth-order valence-electron chi connectivity index (χ4n) is 3.30. The minimum absolute atomic E-state index is 0.135. The highest BCUT2D eigenvalue weighted by Crippen LogP contribution is 2.31. The van der Waals surface area contributed by atoms with Gasteiger partial charge in [0.15, 0.2) is 0 Å². The third-order valence-corrected chi connectivity index (χ3v) is 5.68. The Bertz CT molecular complexity index is 1030. The number of fused-ring (bicyclic) bond motifs is 1. The molecule has 9 heteroatoms. The van der Waals surface area contributed by atoms with Crippen molar-refractivity contribution in [1.82, 2.24) is 18.8 Å². The van der Waals surface area contributed by atoms with E-state index in [0.717, 1.165) is 50.8 Å². The average Bonchev–Trinajstić information content (AvgIpc) is 3.15. The number of nitrogens with zero attached hydrogens (tertiary/aromatic N) is 4. The predicted molar refractivity (Wildman–Crippen MR) is 105 cm³/mol. The van der Waals surface area contributed by atoms with Crippen LogP contribution in [-0.4, -0.2) is 58.8 Å². The lowest BCUT2D eigenvalue weighted by atomic mass is 10.1. The first-order chi connectivity index (χ1) is 13.7. The van der Waals surface area contributed by atoms with Crippen molar-refractivity contribution in [2.75, 3.05) is 40.0 Å². The zero-order valence-corrected chi connectivity index (χ0v) is 16.4. The van der Waals surface area contributed by atoms with Gasteiger partial charge in [0, 0.05) is 37.8 Å². The molecule has 4 rings (SSSR count). The molecule has 1 aliphatic rings. The summed E-state index contributed by atoms with van der Waals surface area (Å²) >= 11 is 1.06. The van der Waals surface area contributed by atoms with E-state index < -0.39 is 5.82 Å². The lowest BCUT2D eigenvalue weighted by molar-refractivity contribution is 0.0369. The third kappa shape index (κ3) is 3.78. The number of rotatable bonds is 6. The van der Waals surface area contributed by atoms with Crippen LogP contribution in [0.4, 0.5) is 4.39 Å². The van der Waals surface area contributed by atoms with E-state index in [9.17, 15) is 9.18 Å². The number of benzene rings is 1. The van der Waals surface area contributed by atoms with Crippen LogP contribution in [0.1, 0.15) is 6.42 Å². The molecule has 0 saturated carbocycles. The number of hydrogen-bond donors (Lipinski definition) is 0. The first kappa shape index (κ1) is 19.0. The van der Waals surface area contributed by atoms with E-state index in [2.05, 4.69) is 14.3 Å². The standard InChI is InChI=1S/C19H21FN4O3S/c1-26-13-3-4-14(15(20)11-13)16-17-18(28-22-16)19(25)24(12-21-17)6-2-5-23-7-9-27-10-8-23/h3-4,11-12H,2,5-10H2,1H3. The summed E-state index contributed by atoms with van der Waals surface area (Å²) in [6, 6.07) is 4.56. The molecular weight excluding hydrogens is 383 g/mol. The summed E-state index contributed by atoms with van der Waals surface area (Å²) in [7, 11) is 1.48. The molecule has 0 amide bonds. The first-order valence-corrected chi connectivity index (χ1v) is 9.93. The van der Waals surface area contributed by atoms with Crippen LogP contribution in [0.15, 0.2) is 29.3 Å². The summed E-state index contributed by atoms with van der Waals surface area (Å²) in [5.74, 6) is -0.0283. The number of methoxy groups -OCH3 is 1. The van der Waals surface area contributed by atoms with Crippen LogP contribution in [0.2, 0.25) is 0 Å². The summed E-state index contributed by atoms with van der Waals surface area (Å²) in [6.45, 7) is 4.88. The quantitative estimate of drug-likeness (QED) is 0.628. The number of aryl methyl sites for hydroxylation is 1. The van der Waals surface area contributed by atoms with Crippen molar-refractivity contribution in [2.45, 2.75) is 13.0 Å². The normalized spacial score (nSPS) is 15.2. The van der Waals surface area contributed by atoms with Crippen LogP contribution >= 0.6 is 11.5 Å². The Hall–Kier alpha value is -2.36. The van der Waals surface area contributed by atoms with E-state index in [1.807, 2.05) is 0 Å². The molecule has 0 spiro atoms. The number of morpholine rings is 1. The maximum atomic E-state index is 14.4. The second-order valence-electron chi connectivity index (χ2n) is 6.61. The minimum Gasteiger partial charge on any atom is -0.497 e. The van der Waals surface area contributed by atoms with Crippen LogP contribution in [0.25, 0.3) is 21.5 Å². The molecule has 0 bridgehead atoms. The lowest BCUT2D eigenvalue weighted by Gasteiger charge is -2.26. The van der Waals surface area contributed by atoms with Gasteiger partial charge in [-0.05, 0) is 30.1 Å². The van der Waals surface area contributed by atoms with Crippen molar-refractivity contribution in [3.63, 3.8) is 0 Å². The Morgan fingerprint density at radius 3 is 2.86 bits per heavy atom. The van der Waals surface area contributed by atoms with Crippen LogP contribution in [-0.2, 0) is 11.3 Å². The van der Waals surface area contributed by atoms with Gasteiger partial charge in [0.25, 0.3) is 5.56 Å². The van der Waals surface area contributed by atoms with E-state index in [1.54, 1.807) is 16.7 Å². The maximum Gasteiger partial charge on any atom is 0.272 e. The minimum atomic E-state index is -0.456. The molecule has 28 heavy (non-hydrogen) atoms. The second-order valence-corrected chi connectivity index (χ2v) is 7.38. The fraction of sp³-hybridized carbons (Fsp3) is 0.421. The molecule has 0 N–H and O–H groups in total. The van der Waals surface area contributed by atoms with Crippen molar-refractivity contribution < 1.29 is 13.9 Å². The number of halogens is 1. The number of ether oxygens (including phenoxy) is 2. The highest BCUT2D eigenvalue weighted by atomic mass is 32.1. The van der Waals surface area contributed by atoms with Crippen molar-refractivity contribution in [3.05, 3.63) is 40.7 Å². The van der Waals surface area contributed by atoms with Gasteiger partial charge >= 0.3 is 0 Å². The van der Waals surface area contributed by atoms with Crippen molar-refractivity contribution in [3.8, 4) is 17.0 Å². The van der Waals surface area contributed by atoms with E-state index in [-0.39, 0.29) is 5.56 Å². The fourth-order valence-corrected chi connectivity index (χ4v) is 4.09. The molecular formula is C19H21FN4O3S. The smallest absolute Gasteiger partial charge is 0.272 e. The zero-order valence-electron chi connectivity index (χ0n) is 15.6. The van der Waals surface area contributed by atoms with Gasteiger partial charge in [-0.25, -0.2) is 9.37 Å². The van der Waals surface area contributed by atoms with E-state index in [4.69, 9.17) is 9.47 Å². The zero-order chi connectivity index (χ0) is 19.5. The van der Waals surface area contributed by atoms with Gasteiger partial charge in [-0.1, -0.05) is 0 Å². The average molecular weight is 404 g/mol. The third-order valence-electron chi connectivity index (χ3n) is 4.86. The summed E-state index contributed by atoms with van der Waals surface area (Å²) < 4.78 is 31.1. The first-order valence-electron chi connectivity index (χ1n) is 9.16. The predicted octanol–water partition coefficient (Wildman–Crippen LogP) is 2.39. The molecule has 1 saturated heterocycles. The number of hydrogen-bond acceptors (Lipinski definition) is 7.